The molecule has 1 aromatic heterocycles. The largest absolute Gasteiger partial charge is 0.341 e. The SMILES string of the molecule is CSc1nnc(SCC(=O)Nc2ccc(S(=O)(=O)C(F)F)cc2)s1. The summed E-state index contributed by atoms with van der Waals surface area (Å²) in [4.78, 5) is 11.3. The van der Waals surface area contributed by atoms with E-state index in [-0.39, 0.29) is 11.7 Å². The maximum atomic E-state index is 12.4. The maximum absolute atomic E-state index is 12.4. The number of thioether (sulfide) groups is 2. The van der Waals surface area contributed by atoms with Crippen LogP contribution in [0.3, 0.4) is 0 Å². The van der Waals surface area contributed by atoms with Crippen molar-refractivity contribution in [3.8, 4) is 0 Å². The molecule has 0 unspecified atom stereocenters. The number of carbonyl (C=O) groups is 1. The molecule has 0 fully saturated rings. The van der Waals surface area contributed by atoms with Crippen LogP contribution in [0.15, 0.2) is 37.8 Å². The van der Waals surface area contributed by atoms with Crippen LogP contribution in [0.4, 0.5) is 14.5 Å². The molecule has 2 aromatic rings. The topological polar surface area (TPSA) is 89.0 Å². The van der Waals surface area contributed by atoms with Gasteiger partial charge in [0.25, 0.3) is 0 Å². The second-order valence-corrected chi connectivity index (χ2v) is 9.38. The molecule has 2 rings (SSSR count). The van der Waals surface area contributed by atoms with E-state index >= 15 is 0 Å². The predicted octanol–water partition coefficient (Wildman–Crippen LogP) is 2.99. The fourth-order valence-corrected chi connectivity index (χ4v) is 4.45. The summed E-state index contributed by atoms with van der Waals surface area (Å²) in [6.45, 7) is 0. The van der Waals surface area contributed by atoms with Crippen LogP contribution in [0, 0.1) is 0 Å². The van der Waals surface area contributed by atoms with E-state index in [9.17, 15) is 22.0 Å². The molecule has 12 heteroatoms. The number of hydrogen-bond acceptors (Lipinski definition) is 8. The number of benzene rings is 1. The van der Waals surface area contributed by atoms with Gasteiger partial charge >= 0.3 is 5.76 Å². The van der Waals surface area contributed by atoms with E-state index in [1.165, 1.54) is 47.0 Å². The highest BCUT2D eigenvalue weighted by atomic mass is 32.2. The van der Waals surface area contributed by atoms with Crippen LogP contribution in [-0.4, -0.2) is 42.3 Å². The molecule has 1 N–H and O–H groups in total. The standard InChI is InChI=1S/C12H11F2N3O3S4/c1-21-11-16-17-12(23-11)22-6-9(18)15-7-2-4-8(5-3-7)24(19,20)10(13)14/h2-5,10H,6H2,1H3,(H,15,18). The van der Waals surface area contributed by atoms with Gasteiger partial charge in [-0.05, 0) is 30.5 Å². The number of aromatic nitrogens is 2. The Morgan fingerprint density at radius 1 is 1.25 bits per heavy atom. The Morgan fingerprint density at radius 2 is 1.88 bits per heavy atom. The molecule has 0 aliphatic carbocycles. The molecular formula is C12H11F2N3O3S4. The summed E-state index contributed by atoms with van der Waals surface area (Å²) in [5.74, 6) is -3.71. The second kappa shape index (κ2) is 8.23. The lowest BCUT2D eigenvalue weighted by Gasteiger charge is -2.06. The minimum absolute atomic E-state index is 0.0973. The van der Waals surface area contributed by atoms with Gasteiger partial charge in [0.1, 0.15) is 0 Å². The Balaban J connectivity index is 1.92. The van der Waals surface area contributed by atoms with Crippen molar-refractivity contribution in [1.82, 2.24) is 10.2 Å². The van der Waals surface area contributed by atoms with Crippen molar-refractivity contribution in [2.75, 3.05) is 17.3 Å². The highest BCUT2D eigenvalue weighted by Crippen LogP contribution is 2.27. The summed E-state index contributed by atoms with van der Waals surface area (Å²) >= 11 is 4.05. The van der Waals surface area contributed by atoms with Crippen molar-refractivity contribution in [2.45, 2.75) is 19.3 Å². The van der Waals surface area contributed by atoms with Crippen molar-refractivity contribution in [2.24, 2.45) is 0 Å². The molecule has 1 aromatic carbocycles. The molecule has 1 amide bonds. The Labute approximate surface area is 149 Å². The lowest BCUT2D eigenvalue weighted by Crippen LogP contribution is -2.14. The monoisotopic (exact) mass is 411 g/mol. The summed E-state index contributed by atoms with van der Waals surface area (Å²) in [6.07, 6.45) is 1.87. The molecule has 0 spiro atoms. The van der Waals surface area contributed by atoms with Gasteiger partial charge in [0.2, 0.25) is 15.7 Å². The van der Waals surface area contributed by atoms with Crippen LogP contribution in [0.5, 0.6) is 0 Å². The Hall–Kier alpha value is -1.24. The van der Waals surface area contributed by atoms with Gasteiger partial charge in [0.15, 0.2) is 8.68 Å². The van der Waals surface area contributed by atoms with Crippen LogP contribution in [-0.2, 0) is 14.6 Å². The fourth-order valence-electron chi connectivity index (χ4n) is 1.49. The first kappa shape index (κ1) is 19.1. The van der Waals surface area contributed by atoms with Crippen LogP contribution in [0.2, 0.25) is 0 Å². The van der Waals surface area contributed by atoms with Gasteiger partial charge in [-0.2, -0.15) is 8.78 Å². The van der Waals surface area contributed by atoms with Gasteiger partial charge in [0.05, 0.1) is 10.6 Å². The van der Waals surface area contributed by atoms with Crippen molar-refractivity contribution in [3.05, 3.63) is 24.3 Å². The van der Waals surface area contributed by atoms with Gasteiger partial charge in [0, 0.05) is 5.69 Å². The average molecular weight is 412 g/mol. The Kier molecular flexibility index (Phi) is 6.54. The quantitative estimate of drug-likeness (QED) is 0.701. The van der Waals surface area contributed by atoms with E-state index in [2.05, 4.69) is 15.5 Å². The highest BCUT2D eigenvalue weighted by Gasteiger charge is 2.26. The number of halogens is 2. The normalized spacial score (nSPS) is 11.7. The van der Waals surface area contributed by atoms with Crippen LogP contribution < -0.4 is 5.32 Å². The number of carbonyl (C=O) groups excluding carboxylic acids is 1. The smallest absolute Gasteiger partial charge is 0.325 e. The first-order chi connectivity index (χ1) is 11.3. The van der Waals surface area contributed by atoms with Crippen molar-refractivity contribution < 1.29 is 22.0 Å². The van der Waals surface area contributed by atoms with Gasteiger partial charge in [-0.15, -0.1) is 10.2 Å². The summed E-state index contributed by atoms with van der Waals surface area (Å²) in [7, 11) is -4.63. The Bertz CT molecular complexity index is 809. The number of hydrogen-bond donors (Lipinski definition) is 1. The highest BCUT2D eigenvalue weighted by molar-refractivity contribution is 8.03. The first-order valence-electron chi connectivity index (χ1n) is 6.25. The summed E-state index contributed by atoms with van der Waals surface area (Å²) in [5.41, 5.74) is 0.316. The third-order valence-electron chi connectivity index (χ3n) is 2.59. The van der Waals surface area contributed by atoms with Crippen LogP contribution in [0.25, 0.3) is 0 Å². The van der Waals surface area contributed by atoms with Crippen molar-refractivity contribution in [3.63, 3.8) is 0 Å². The van der Waals surface area contributed by atoms with Crippen LogP contribution in [0.1, 0.15) is 0 Å². The Morgan fingerprint density at radius 3 is 2.42 bits per heavy atom. The number of rotatable bonds is 7. The maximum Gasteiger partial charge on any atom is 0.341 e. The number of nitrogens with zero attached hydrogens (tertiary/aromatic N) is 2. The van der Waals surface area contributed by atoms with Gasteiger partial charge in [-0.25, -0.2) is 8.42 Å². The summed E-state index contributed by atoms with van der Waals surface area (Å²) in [5, 5.41) is 10.4. The van der Waals surface area contributed by atoms with Gasteiger partial charge in [-0.3, -0.25) is 4.79 Å². The third kappa shape index (κ3) is 4.88. The summed E-state index contributed by atoms with van der Waals surface area (Å²) in [6, 6.07) is 4.57. The molecule has 6 nitrogen and oxygen atoms in total. The van der Waals surface area contributed by atoms with Crippen molar-refractivity contribution in [1.29, 1.82) is 0 Å². The third-order valence-corrected chi connectivity index (χ3v) is 7.02. The minimum atomic E-state index is -4.63. The number of nitrogens with one attached hydrogen (secondary N) is 1. The first-order valence-corrected chi connectivity index (χ1v) is 10.8. The predicted molar refractivity (Wildman–Crippen MR) is 90.7 cm³/mol. The van der Waals surface area contributed by atoms with E-state index in [1.54, 1.807) is 0 Å². The number of alkyl halides is 2. The van der Waals surface area contributed by atoms with Gasteiger partial charge < -0.3 is 5.32 Å². The van der Waals surface area contributed by atoms with E-state index in [0.29, 0.717) is 10.0 Å². The molecule has 0 bridgehead atoms. The van der Waals surface area contributed by atoms with Crippen LogP contribution >= 0.6 is 34.9 Å². The van der Waals surface area contributed by atoms with Gasteiger partial charge in [-0.1, -0.05) is 34.9 Å². The number of amides is 1. The molecule has 24 heavy (non-hydrogen) atoms. The zero-order valence-corrected chi connectivity index (χ0v) is 15.4. The summed E-state index contributed by atoms with van der Waals surface area (Å²) < 4.78 is 48.9. The number of sulfone groups is 1. The molecule has 0 aliphatic heterocycles. The lowest BCUT2D eigenvalue weighted by atomic mass is 10.3. The number of anilines is 1. The molecule has 0 saturated heterocycles. The lowest BCUT2D eigenvalue weighted by molar-refractivity contribution is -0.113. The zero-order valence-electron chi connectivity index (χ0n) is 12.1. The molecule has 0 aliphatic rings. The molecule has 1 heterocycles. The molecule has 0 saturated carbocycles. The van der Waals surface area contributed by atoms with E-state index in [4.69, 9.17) is 0 Å². The minimum Gasteiger partial charge on any atom is -0.325 e. The van der Waals surface area contributed by atoms with E-state index in [0.717, 1.165) is 16.5 Å². The average Bonchev–Trinajstić information content (AvgIpc) is 3.01. The van der Waals surface area contributed by atoms with E-state index < -0.39 is 20.5 Å². The molecule has 0 radical (unpaired) electrons. The molecule has 0 atom stereocenters. The van der Waals surface area contributed by atoms with Crippen molar-refractivity contribution >= 4 is 56.3 Å². The fraction of sp³-hybridized carbons (Fsp3) is 0.250. The molecular weight excluding hydrogens is 400 g/mol. The zero-order chi connectivity index (χ0) is 17.7. The second-order valence-electron chi connectivity index (χ2n) is 4.20. The van der Waals surface area contributed by atoms with E-state index in [1.807, 2.05) is 6.26 Å². The molecule has 130 valence electrons.